The van der Waals surface area contributed by atoms with Gasteiger partial charge in [-0.05, 0) is 70.5 Å². The van der Waals surface area contributed by atoms with Gasteiger partial charge >= 0.3 is 6.18 Å². The smallest absolute Gasteiger partial charge is 0.443 e. The molecule has 0 aliphatic heterocycles. The van der Waals surface area contributed by atoms with Gasteiger partial charge in [0.25, 0.3) is 6.47 Å². The Morgan fingerprint density at radius 1 is 1.04 bits per heavy atom. The number of nitrogens with zero attached hydrogens (tertiary/aromatic N) is 2. The number of carboxylic acid groups (broad SMARTS) is 1. The van der Waals surface area contributed by atoms with Gasteiger partial charge in [0.2, 0.25) is 0 Å². The van der Waals surface area contributed by atoms with Crippen LogP contribution in [-0.2, 0) is 17.5 Å². The summed E-state index contributed by atoms with van der Waals surface area (Å²) in [5, 5.41) is 9.03. The van der Waals surface area contributed by atoms with Gasteiger partial charge in [0.1, 0.15) is 12.0 Å². The number of nitrogens with one attached hydrogen (secondary N) is 1. The van der Waals surface area contributed by atoms with E-state index in [9.17, 15) is 26.3 Å². The van der Waals surface area contributed by atoms with E-state index in [1.807, 2.05) is 98.0 Å². The van der Waals surface area contributed by atoms with Crippen molar-refractivity contribution in [2.45, 2.75) is 81.2 Å². The van der Waals surface area contributed by atoms with Crippen LogP contribution in [0.4, 0.5) is 26.3 Å². The molecule has 0 fully saturated rings. The van der Waals surface area contributed by atoms with Crippen LogP contribution in [0.3, 0.4) is 0 Å². The fraction of sp³-hybridized carbons (Fsp3) is 0.378. The van der Waals surface area contributed by atoms with E-state index in [1.54, 1.807) is 31.3 Å². The number of benzene rings is 2. The van der Waals surface area contributed by atoms with E-state index < -0.39 is 17.4 Å². The molecule has 49 heavy (non-hydrogen) atoms. The lowest BCUT2D eigenvalue weighted by Crippen LogP contribution is -2.05. The number of aryl methyl sites for hydroxylation is 1. The van der Waals surface area contributed by atoms with Crippen LogP contribution in [-0.4, -0.2) is 42.7 Å². The second-order valence-electron chi connectivity index (χ2n) is 8.80. The molecule has 2 aromatic carbocycles. The zero-order chi connectivity index (χ0) is 38.8. The molecule has 3 aromatic rings. The molecule has 0 saturated carbocycles. The maximum atomic E-state index is 12.7. The maximum absolute atomic E-state index is 12.7. The Labute approximate surface area is 293 Å². The minimum Gasteiger partial charge on any atom is -0.483 e. The van der Waals surface area contributed by atoms with Crippen molar-refractivity contribution in [3.05, 3.63) is 113 Å². The highest BCUT2D eigenvalue weighted by Gasteiger charge is 2.34. The average molecular weight is 718 g/mol. The number of carbonyl (C=O) groups is 1. The lowest BCUT2D eigenvalue weighted by atomic mass is 10.1. The molecule has 1 atom stereocenters. The van der Waals surface area contributed by atoms with E-state index in [4.69, 9.17) is 9.90 Å². The van der Waals surface area contributed by atoms with Gasteiger partial charge in [-0.2, -0.15) is 13.2 Å². The first kappa shape index (κ1) is 51.8. The Morgan fingerprint density at radius 2 is 1.59 bits per heavy atom. The fourth-order valence-corrected chi connectivity index (χ4v) is 3.56. The lowest BCUT2D eigenvalue weighted by molar-refractivity contribution is -0.137. The van der Waals surface area contributed by atoms with E-state index >= 15 is 0 Å². The number of rotatable bonds is 7. The Bertz CT molecular complexity index is 1330. The van der Waals surface area contributed by atoms with Crippen LogP contribution in [0.1, 0.15) is 71.5 Å². The minimum absolute atomic E-state index is 0.173. The molecule has 0 spiro atoms. The zero-order valence-corrected chi connectivity index (χ0v) is 31.2. The zero-order valence-electron chi connectivity index (χ0n) is 30.4. The molecular weight excluding hydrogens is 664 g/mol. The maximum Gasteiger partial charge on any atom is 0.443 e. The third kappa shape index (κ3) is 28.7. The Kier molecular flexibility index (Phi) is 35.8. The molecule has 0 saturated heterocycles. The van der Waals surface area contributed by atoms with Crippen molar-refractivity contribution < 1.29 is 36.2 Å². The minimum atomic E-state index is -4.35. The molecular formula is C37H53F6N3O2S. The van der Waals surface area contributed by atoms with Gasteiger partial charge in [-0.25, -0.2) is 13.8 Å². The van der Waals surface area contributed by atoms with Crippen molar-refractivity contribution in [2.75, 3.05) is 14.2 Å². The number of thiazole rings is 1. The van der Waals surface area contributed by atoms with Crippen LogP contribution in [0.25, 0.3) is 10.4 Å². The molecule has 0 aliphatic carbocycles. The molecule has 1 aromatic heterocycles. The van der Waals surface area contributed by atoms with Crippen molar-refractivity contribution >= 4 is 23.5 Å². The molecule has 1 heterocycles. The largest absolute Gasteiger partial charge is 0.483 e. The van der Waals surface area contributed by atoms with Gasteiger partial charge in [0, 0.05) is 24.7 Å². The average Bonchev–Trinajstić information content (AvgIpc) is 3.60. The third-order valence-corrected chi connectivity index (χ3v) is 6.16. The molecule has 3 rings (SSSR count). The summed E-state index contributed by atoms with van der Waals surface area (Å²) in [6.07, 6.45) is 5.35. The summed E-state index contributed by atoms with van der Waals surface area (Å²) in [4.78, 5) is 16.3. The summed E-state index contributed by atoms with van der Waals surface area (Å²) >= 11 is 0.663. The standard InChI is InChI=1S/C12H18FN.C11H8F3NS.C8H10FN.2C2H6.CH3F.CH2O2/c1-5-6-7-8-10(2)9-14-12(4)11(3)13;1-7-2-4-8(5-3-7)9-6-15-10(16-9)11(12,13)14;1-10-6-7-3-2-4-8(9)5-7;3*1-2;2-1-3/h5-9,11H,1-4H3;2-6H,1H3;2-5,10H,6H2,1H3;2*1-2H3;1H3;1H,(H,2,3)/b6-5+,8-7+,10-9+,14-12?;;;;;;. The number of halogens is 6. The molecule has 12 heteroatoms. The predicted molar refractivity (Wildman–Crippen MR) is 196 cm³/mol. The summed E-state index contributed by atoms with van der Waals surface area (Å²) in [6.45, 7) is 17.5. The van der Waals surface area contributed by atoms with Crippen molar-refractivity contribution in [1.29, 1.82) is 0 Å². The van der Waals surface area contributed by atoms with E-state index in [0.29, 0.717) is 29.1 Å². The van der Waals surface area contributed by atoms with E-state index in [1.165, 1.54) is 25.3 Å². The first-order valence-electron chi connectivity index (χ1n) is 15.4. The summed E-state index contributed by atoms with van der Waals surface area (Å²) in [6, 6.07) is 13.9. The quantitative estimate of drug-likeness (QED) is 0.110. The number of alkyl halides is 5. The molecule has 5 nitrogen and oxygen atoms in total. The number of aliphatic imine (C=N–C) groups is 1. The summed E-state index contributed by atoms with van der Waals surface area (Å²) in [7, 11) is 2.34. The Morgan fingerprint density at radius 3 is 2.02 bits per heavy atom. The van der Waals surface area contributed by atoms with Crippen molar-refractivity contribution in [1.82, 2.24) is 10.3 Å². The van der Waals surface area contributed by atoms with Crippen molar-refractivity contribution in [3.63, 3.8) is 0 Å². The SMILES string of the molecule is C/C=C/C=C/C(C)=C/N=C(C)C(C)F.CC.CC.CF.CNCc1cccc(F)c1.Cc1ccc(-c2cnc(C(F)(F)F)s2)cc1.O=CO. The number of hydrogen-bond donors (Lipinski definition) is 2. The van der Waals surface area contributed by atoms with Gasteiger partial charge in [-0.3, -0.25) is 14.2 Å². The Balaban J connectivity index is -0.000000281. The van der Waals surface area contributed by atoms with Gasteiger partial charge < -0.3 is 10.4 Å². The van der Waals surface area contributed by atoms with Crippen LogP contribution < -0.4 is 5.32 Å². The topological polar surface area (TPSA) is 74.6 Å². The molecule has 2 N–H and O–H groups in total. The molecule has 0 radical (unpaired) electrons. The van der Waals surface area contributed by atoms with Crippen LogP contribution in [0.5, 0.6) is 0 Å². The second kappa shape index (κ2) is 33.9. The first-order valence-corrected chi connectivity index (χ1v) is 16.2. The van der Waals surface area contributed by atoms with E-state index in [-0.39, 0.29) is 12.3 Å². The monoisotopic (exact) mass is 717 g/mol. The van der Waals surface area contributed by atoms with Gasteiger partial charge in [-0.15, -0.1) is 11.3 Å². The lowest BCUT2D eigenvalue weighted by Gasteiger charge is -1.99. The van der Waals surface area contributed by atoms with Crippen LogP contribution in [0.2, 0.25) is 0 Å². The van der Waals surface area contributed by atoms with E-state index in [0.717, 1.165) is 28.8 Å². The van der Waals surface area contributed by atoms with Crippen LogP contribution in [0, 0.1) is 12.7 Å². The molecule has 1 unspecified atom stereocenters. The van der Waals surface area contributed by atoms with Crippen LogP contribution in [0.15, 0.2) is 95.8 Å². The van der Waals surface area contributed by atoms with Gasteiger partial charge in [-0.1, -0.05) is 94.0 Å². The predicted octanol–water partition coefficient (Wildman–Crippen LogP) is 11.9. The first-order chi connectivity index (χ1) is 23.3. The highest BCUT2D eigenvalue weighted by atomic mass is 32.1. The number of aromatic nitrogens is 1. The van der Waals surface area contributed by atoms with Crippen molar-refractivity contribution in [2.24, 2.45) is 4.99 Å². The normalized spacial score (nSPS) is 11.3. The van der Waals surface area contributed by atoms with Crippen LogP contribution >= 0.6 is 11.3 Å². The summed E-state index contributed by atoms with van der Waals surface area (Å²) in [5.74, 6) is -0.173. The molecule has 0 aliphatic rings. The highest BCUT2D eigenvalue weighted by molar-refractivity contribution is 7.15. The summed E-state index contributed by atoms with van der Waals surface area (Å²) < 4.78 is 71.6. The molecule has 276 valence electrons. The van der Waals surface area contributed by atoms with Crippen molar-refractivity contribution in [3.8, 4) is 10.4 Å². The van der Waals surface area contributed by atoms with E-state index in [2.05, 4.69) is 15.3 Å². The van der Waals surface area contributed by atoms with Gasteiger partial charge in [0.15, 0.2) is 5.01 Å². The molecule has 0 bridgehead atoms. The highest BCUT2D eigenvalue weighted by Crippen LogP contribution is 2.36. The van der Waals surface area contributed by atoms with Gasteiger partial charge in [0.05, 0.1) is 12.1 Å². The third-order valence-electron chi connectivity index (χ3n) is 5.06. The molecule has 0 amide bonds. The fourth-order valence-electron chi connectivity index (χ4n) is 2.78. The summed E-state index contributed by atoms with van der Waals surface area (Å²) in [5.41, 5.74) is 4.32. The second-order valence-corrected chi connectivity index (χ2v) is 9.83. The number of hydrogen-bond acceptors (Lipinski definition) is 5. The number of allylic oxidation sites excluding steroid dienone is 5. The Hall–Kier alpha value is -4.03.